The fourth-order valence-corrected chi connectivity index (χ4v) is 1.92. The van der Waals surface area contributed by atoms with Crippen LogP contribution in [-0.4, -0.2) is 29.1 Å². The maximum atomic E-state index is 12.4. The molecule has 0 N–H and O–H groups in total. The molecule has 0 aromatic heterocycles. The van der Waals surface area contributed by atoms with Crippen molar-refractivity contribution in [3.05, 3.63) is 35.9 Å². The molecule has 1 atom stereocenters. The summed E-state index contributed by atoms with van der Waals surface area (Å²) in [6, 6.07) is 9.39. The van der Waals surface area contributed by atoms with Crippen molar-refractivity contribution < 1.29 is 4.79 Å². The third kappa shape index (κ3) is 4.58. The lowest BCUT2D eigenvalue weighted by Gasteiger charge is -2.29. The lowest BCUT2D eigenvalue weighted by Crippen LogP contribution is -2.42. The summed E-state index contributed by atoms with van der Waals surface area (Å²) in [6.45, 7) is 6.49. The SMILES string of the molecule is CN(Cc1ccccc1)C(=O)[C@H](N=C=S)C(C)(C)C. The minimum Gasteiger partial charge on any atom is -0.340 e. The van der Waals surface area contributed by atoms with Gasteiger partial charge in [-0.2, -0.15) is 0 Å². The highest BCUT2D eigenvalue weighted by Crippen LogP contribution is 2.24. The van der Waals surface area contributed by atoms with Crippen LogP contribution in [0.25, 0.3) is 0 Å². The van der Waals surface area contributed by atoms with Crippen LogP contribution in [0.15, 0.2) is 35.3 Å². The Hall–Kier alpha value is -1.51. The van der Waals surface area contributed by atoms with Gasteiger partial charge in [-0.25, -0.2) is 4.99 Å². The lowest BCUT2D eigenvalue weighted by molar-refractivity contribution is -0.134. The fraction of sp³-hybridized carbons (Fsp3) is 0.467. The molecule has 102 valence electrons. The Morgan fingerprint density at radius 1 is 1.37 bits per heavy atom. The maximum absolute atomic E-state index is 12.4. The van der Waals surface area contributed by atoms with Crippen LogP contribution in [0.1, 0.15) is 26.3 Å². The number of amides is 1. The van der Waals surface area contributed by atoms with Crippen LogP contribution in [0.5, 0.6) is 0 Å². The first-order valence-corrected chi connectivity index (χ1v) is 6.63. The predicted octanol–water partition coefficient (Wildman–Crippen LogP) is 3.16. The van der Waals surface area contributed by atoms with Crippen molar-refractivity contribution >= 4 is 23.3 Å². The standard InChI is InChI=1S/C15H20N2OS/c1-15(2,3)13(16-11-19)14(18)17(4)10-12-8-6-5-7-9-12/h5-9,13H,10H2,1-4H3/t13-/m0/s1. The van der Waals surface area contributed by atoms with Gasteiger partial charge in [0.25, 0.3) is 0 Å². The minimum atomic E-state index is -0.487. The largest absolute Gasteiger partial charge is 0.340 e. The third-order valence-corrected chi connectivity index (χ3v) is 2.98. The molecular formula is C15H20N2OS. The van der Waals surface area contributed by atoms with Crippen LogP contribution in [0.3, 0.4) is 0 Å². The van der Waals surface area contributed by atoms with Gasteiger partial charge in [0.15, 0.2) is 0 Å². The summed E-state index contributed by atoms with van der Waals surface area (Å²) in [7, 11) is 1.78. The number of carbonyl (C=O) groups excluding carboxylic acids is 1. The number of isothiocyanates is 1. The van der Waals surface area contributed by atoms with Crippen LogP contribution in [0, 0.1) is 5.41 Å². The van der Waals surface area contributed by atoms with E-state index in [-0.39, 0.29) is 11.3 Å². The fourth-order valence-electron chi connectivity index (χ4n) is 1.82. The Morgan fingerprint density at radius 2 is 1.95 bits per heavy atom. The van der Waals surface area contributed by atoms with Crippen molar-refractivity contribution in [2.24, 2.45) is 10.4 Å². The topological polar surface area (TPSA) is 32.7 Å². The second-order valence-electron chi connectivity index (χ2n) is 5.67. The van der Waals surface area contributed by atoms with Gasteiger partial charge in [0, 0.05) is 13.6 Å². The van der Waals surface area contributed by atoms with Crippen LogP contribution in [0.4, 0.5) is 0 Å². The smallest absolute Gasteiger partial charge is 0.248 e. The number of likely N-dealkylation sites (N-methyl/N-ethyl adjacent to an activating group) is 1. The molecule has 4 heteroatoms. The van der Waals surface area contributed by atoms with E-state index in [0.717, 1.165) is 5.56 Å². The highest BCUT2D eigenvalue weighted by molar-refractivity contribution is 7.78. The van der Waals surface area contributed by atoms with Crippen molar-refractivity contribution in [3.8, 4) is 0 Å². The van der Waals surface area contributed by atoms with Crippen molar-refractivity contribution in [2.75, 3.05) is 7.05 Å². The molecule has 0 spiro atoms. The zero-order chi connectivity index (χ0) is 14.5. The van der Waals surface area contributed by atoms with Crippen LogP contribution in [-0.2, 0) is 11.3 Å². The molecule has 1 aromatic carbocycles. The Kier molecular flexibility index (Phi) is 5.40. The average molecular weight is 276 g/mol. The normalized spacial score (nSPS) is 12.4. The first kappa shape index (κ1) is 15.5. The third-order valence-electron chi connectivity index (χ3n) is 2.87. The molecular weight excluding hydrogens is 256 g/mol. The van der Waals surface area contributed by atoms with E-state index < -0.39 is 6.04 Å². The van der Waals surface area contributed by atoms with Gasteiger partial charge < -0.3 is 4.90 Å². The second-order valence-corrected chi connectivity index (χ2v) is 5.85. The molecule has 0 saturated carbocycles. The molecule has 0 heterocycles. The van der Waals surface area contributed by atoms with Gasteiger partial charge in [-0.1, -0.05) is 51.1 Å². The van der Waals surface area contributed by atoms with Gasteiger partial charge in [0.1, 0.15) is 6.04 Å². The molecule has 0 aliphatic heterocycles. The highest BCUT2D eigenvalue weighted by Gasteiger charge is 2.32. The molecule has 1 rings (SSSR count). The number of hydrogen-bond donors (Lipinski definition) is 0. The van der Waals surface area contributed by atoms with Gasteiger partial charge in [-0.15, -0.1) is 0 Å². The van der Waals surface area contributed by atoms with E-state index in [9.17, 15) is 4.79 Å². The zero-order valence-corrected chi connectivity index (χ0v) is 12.7. The van der Waals surface area contributed by atoms with E-state index in [0.29, 0.717) is 6.54 Å². The highest BCUT2D eigenvalue weighted by atomic mass is 32.1. The molecule has 0 aliphatic carbocycles. The Balaban J connectivity index is 2.83. The van der Waals surface area contributed by atoms with E-state index in [1.54, 1.807) is 11.9 Å². The quantitative estimate of drug-likeness (QED) is 0.625. The van der Waals surface area contributed by atoms with Gasteiger partial charge in [0.05, 0.1) is 5.16 Å². The minimum absolute atomic E-state index is 0.0336. The molecule has 0 saturated heterocycles. The summed E-state index contributed by atoms with van der Waals surface area (Å²) in [4.78, 5) is 18.1. The van der Waals surface area contributed by atoms with Gasteiger partial charge in [-0.3, -0.25) is 4.79 Å². The molecule has 0 aliphatic rings. The molecule has 0 radical (unpaired) electrons. The summed E-state index contributed by atoms with van der Waals surface area (Å²) < 4.78 is 0. The number of rotatable bonds is 4. The molecule has 1 amide bonds. The molecule has 1 aromatic rings. The number of thiocarbonyl (C=S) groups is 1. The van der Waals surface area contributed by atoms with E-state index >= 15 is 0 Å². The van der Waals surface area contributed by atoms with Crippen LogP contribution >= 0.6 is 12.2 Å². The number of benzene rings is 1. The molecule has 0 fully saturated rings. The van der Waals surface area contributed by atoms with Crippen LogP contribution in [0.2, 0.25) is 0 Å². The van der Waals surface area contributed by atoms with E-state index in [4.69, 9.17) is 0 Å². The molecule has 0 bridgehead atoms. The number of nitrogens with zero attached hydrogens (tertiary/aromatic N) is 2. The van der Waals surface area contributed by atoms with E-state index in [1.807, 2.05) is 51.1 Å². The molecule has 19 heavy (non-hydrogen) atoms. The average Bonchev–Trinajstić information content (AvgIpc) is 2.35. The lowest BCUT2D eigenvalue weighted by atomic mass is 9.86. The molecule has 3 nitrogen and oxygen atoms in total. The van der Waals surface area contributed by atoms with Gasteiger partial charge in [-0.05, 0) is 23.2 Å². The zero-order valence-electron chi connectivity index (χ0n) is 11.9. The monoisotopic (exact) mass is 276 g/mol. The van der Waals surface area contributed by atoms with Crippen molar-refractivity contribution in [1.82, 2.24) is 4.90 Å². The van der Waals surface area contributed by atoms with Gasteiger partial charge in [0.2, 0.25) is 5.91 Å². The summed E-state index contributed by atoms with van der Waals surface area (Å²) in [5, 5.41) is 2.33. The summed E-state index contributed by atoms with van der Waals surface area (Å²) >= 11 is 4.65. The first-order chi connectivity index (χ1) is 8.86. The van der Waals surface area contributed by atoms with Gasteiger partial charge >= 0.3 is 0 Å². The maximum Gasteiger partial charge on any atom is 0.248 e. The number of carbonyl (C=O) groups is 1. The second kappa shape index (κ2) is 6.60. The van der Waals surface area contributed by atoms with E-state index in [2.05, 4.69) is 22.4 Å². The van der Waals surface area contributed by atoms with Crippen molar-refractivity contribution in [2.45, 2.75) is 33.4 Å². The van der Waals surface area contributed by atoms with Crippen molar-refractivity contribution in [1.29, 1.82) is 0 Å². The Labute approximate surface area is 120 Å². The Bertz CT molecular complexity index is 473. The Morgan fingerprint density at radius 3 is 2.42 bits per heavy atom. The summed E-state index contributed by atoms with van der Waals surface area (Å²) in [5.74, 6) is -0.0336. The van der Waals surface area contributed by atoms with E-state index in [1.165, 1.54) is 0 Å². The number of aliphatic imine (C=N–C) groups is 1. The first-order valence-electron chi connectivity index (χ1n) is 6.22. The van der Waals surface area contributed by atoms with Crippen molar-refractivity contribution in [3.63, 3.8) is 0 Å². The van der Waals surface area contributed by atoms with Crippen LogP contribution < -0.4 is 0 Å². The summed E-state index contributed by atoms with van der Waals surface area (Å²) in [5.41, 5.74) is 0.825. The summed E-state index contributed by atoms with van der Waals surface area (Å²) in [6.07, 6.45) is 0. The molecule has 0 unspecified atom stereocenters. The predicted molar refractivity (Wildman–Crippen MR) is 81.2 cm³/mol. The number of hydrogen-bond acceptors (Lipinski definition) is 3.